The van der Waals surface area contributed by atoms with Crippen molar-refractivity contribution in [1.29, 1.82) is 0 Å². The summed E-state index contributed by atoms with van der Waals surface area (Å²) in [7, 11) is 0. The number of hydrogen-bond donors (Lipinski definition) is 1. The van der Waals surface area contributed by atoms with Gasteiger partial charge in [0.05, 0.1) is 5.52 Å². The summed E-state index contributed by atoms with van der Waals surface area (Å²) in [4.78, 5) is 16.1. The number of nitrogens with zero attached hydrogens (tertiary/aromatic N) is 4. The highest BCUT2D eigenvalue weighted by Gasteiger charge is 2.16. The van der Waals surface area contributed by atoms with Crippen LogP contribution in [0, 0.1) is 13.8 Å². The summed E-state index contributed by atoms with van der Waals surface area (Å²) in [5.74, 6) is 1.79. The summed E-state index contributed by atoms with van der Waals surface area (Å²) in [5, 5.41) is 3.42. The van der Waals surface area contributed by atoms with Gasteiger partial charge in [0.15, 0.2) is 5.82 Å². The van der Waals surface area contributed by atoms with Crippen molar-refractivity contribution in [3.63, 3.8) is 0 Å². The Morgan fingerprint density at radius 3 is 2.84 bits per heavy atom. The molecule has 0 radical (unpaired) electrons. The molecule has 0 aliphatic carbocycles. The molecule has 0 amide bonds. The molecule has 1 aliphatic rings. The van der Waals surface area contributed by atoms with Gasteiger partial charge in [-0.1, -0.05) is 0 Å². The third-order valence-corrected chi connectivity index (χ3v) is 3.41. The van der Waals surface area contributed by atoms with E-state index < -0.39 is 0 Å². The molecule has 0 bridgehead atoms. The Bertz CT molecular complexity index is 588. The highest BCUT2D eigenvalue weighted by molar-refractivity contribution is 5.85. The highest BCUT2D eigenvalue weighted by atomic mass is 15.2. The van der Waals surface area contributed by atoms with Crippen LogP contribution < -0.4 is 10.2 Å². The Morgan fingerprint density at radius 2 is 1.95 bits per heavy atom. The maximum Gasteiger partial charge on any atom is 0.159 e. The average molecular weight is 257 g/mol. The molecule has 0 unspecified atom stereocenters. The zero-order chi connectivity index (χ0) is 13.2. The Labute approximate surface area is 113 Å². The van der Waals surface area contributed by atoms with Gasteiger partial charge in [-0.25, -0.2) is 15.0 Å². The van der Waals surface area contributed by atoms with Crippen LogP contribution in [0.4, 0.5) is 5.82 Å². The van der Waals surface area contributed by atoms with Crippen molar-refractivity contribution in [2.75, 3.05) is 31.1 Å². The normalized spacial score (nSPS) is 16.6. The van der Waals surface area contributed by atoms with Crippen LogP contribution >= 0.6 is 0 Å². The quantitative estimate of drug-likeness (QED) is 0.838. The van der Waals surface area contributed by atoms with Gasteiger partial charge in [-0.15, -0.1) is 0 Å². The van der Waals surface area contributed by atoms with Crippen molar-refractivity contribution in [2.45, 2.75) is 20.3 Å². The third kappa shape index (κ3) is 2.51. The number of hydrogen-bond acceptors (Lipinski definition) is 5. The lowest BCUT2D eigenvalue weighted by molar-refractivity contribution is 0.724. The Hall–Kier alpha value is -1.75. The third-order valence-electron chi connectivity index (χ3n) is 3.41. The maximum atomic E-state index is 4.64. The fourth-order valence-corrected chi connectivity index (χ4v) is 2.49. The largest absolute Gasteiger partial charge is 0.353 e. The van der Waals surface area contributed by atoms with Crippen molar-refractivity contribution in [1.82, 2.24) is 20.3 Å². The van der Waals surface area contributed by atoms with Crippen molar-refractivity contribution in [3.8, 4) is 0 Å². The first kappa shape index (κ1) is 12.3. The summed E-state index contributed by atoms with van der Waals surface area (Å²) < 4.78 is 0. The van der Waals surface area contributed by atoms with Gasteiger partial charge < -0.3 is 10.2 Å². The van der Waals surface area contributed by atoms with E-state index in [4.69, 9.17) is 0 Å². The number of pyridine rings is 1. The summed E-state index contributed by atoms with van der Waals surface area (Å²) in [6, 6.07) is 4.04. The minimum Gasteiger partial charge on any atom is -0.353 e. The highest BCUT2D eigenvalue weighted by Crippen LogP contribution is 2.22. The number of rotatable bonds is 1. The van der Waals surface area contributed by atoms with Gasteiger partial charge in [0.2, 0.25) is 0 Å². The second-order valence-electron chi connectivity index (χ2n) is 5.01. The van der Waals surface area contributed by atoms with E-state index in [2.05, 4.69) is 25.2 Å². The van der Waals surface area contributed by atoms with Crippen LogP contribution in [0.5, 0.6) is 0 Å². The molecule has 3 rings (SSSR count). The average Bonchev–Trinajstić information content (AvgIpc) is 2.67. The molecule has 2 aromatic rings. The summed E-state index contributed by atoms with van der Waals surface area (Å²) >= 11 is 0. The van der Waals surface area contributed by atoms with E-state index in [1.54, 1.807) is 0 Å². The number of nitrogens with one attached hydrogen (secondary N) is 1. The monoisotopic (exact) mass is 257 g/mol. The molecule has 5 nitrogen and oxygen atoms in total. The first-order chi connectivity index (χ1) is 9.24. The van der Waals surface area contributed by atoms with Crippen molar-refractivity contribution < 1.29 is 0 Å². The molecule has 0 saturated carbocycles. The molecule has 0 spiro atoms. The number of anilines is 1. The van der Waals surface area contributed by atoms with Crippen LogP contribution in [0.2, 0.25) is 0 Å². The van der Waals surface area contributed by atoms with E-state index in [1.165, 1.54) is 0 Å². The summed E-state index contributed by atoms with van der Waals surface area (Å²) in [5.41, 5.74) is 2.87. The van der Waals surface area contributed by atoms with Crippen molar-refractivity contribution in [3.05, 3.63) is 23.7 Å². The molecule has 1 fully saturated rings. The van der Waals surface area contributed by atoms with Gasteiger partial charge in [0.25, 0.3) is 0 Å². The van der Waals surface area contributed by atoms with Crippen LogP contribution in [0.15, 0.2) is 12.1 Å². The van der Waals surface area contributed by atoms with Crippen LogP contribution in [0.3, 0.4) is 0 Å². The lowest BCUT2D eigenvalue weighted by atomic mass is 10.2. The first-order valence-electron chi connectivity index (χ1n) is 6.82. The molecule has 0 aromatic carbocycles. The van der Waals surface area contributed by atoms with Gasteiger partial charge in [0, 0.05) is 25.3 Å². The standard InChI is InChI=1S/C14H19N5/c1-10-4-5-12-13(16-10)14(18-11(2)17-12)19-8-3-6-15-7-9-19/h4-5,15H,3,6-9H2,1-2H3. The van der Waals surface area contributed by atoms with Gasteiger partial charge in [-0.3, -0.25) is 0 Å². The first-order valence-corrected chi connectivity index (χ1v) is 6.82. The molecule has 19 heavy (non-hydrogen) atoms. The molecule has 1 aliphatic heterocycles. The smallest absolute Gasteiger partial charge is 0.159 e. The van der Waals surface area contributed by atoms with E-state index in [1.807, 2.05) is 26.0 Å². The minimum atomic E-state index is 0.811. The van der Waals surface area contributed by atoms with Crippen LogP contribution in [0.1, 0.15) is 17.9 Å². The lowest BCUT2D eigenvalue weighted by Gasteiger charge is -2.22. The fraction of sp³-hybridized carbons (Fsp3) is 0.500. The Morgan fingerprint density at radius 1 is 1.05 bits per heavy atom. The maximum absolute atomic E-state index is 4.64. The summed E-state index contributed by atoms with van der Waals surface area (Å²) in [6.07, 6.45) is 1.14. The molecular formula is C14H19N5. The molecule has 100 valence electrons. The van der Waals surface area contributed by atoms with Gasteiger partial charge in [-0.2, -0.15) is 0 Å². The van der Waals surface area contributed by atoms with Crippen LogP contribution in [0.25, 0.3) is 11.0 Å². The number of aromatic nitrogens is 3. The minimum absolute atomic E-state index is 0.811. The molecule has 1 N–H and O–H groups in total. The van der Waals surface area contributed by atoms with E-state index in [-0.39, 0.29) is 0 Å². The number of fused-ring (bicyclic) bond motifs is 1. The molecule has 3 heterocycles. The summed E-state index contributed by atoms with van der Waals surface area (Å²) in [6.45, 7) is 8.02. The fourth-order valence-electron chi connectivity index (χ4n) is 2.49. The zero-order valence-electron chi connectivity index (χ0n) is 11.5. The van der Waals surface area contributed by atoms with Gasteiger partial charge >= 0.3 is 0 Å². The lowest BCUT2D eigenvalue weighted by Crippen LogP contribution is -2.29. The van der Waals surface area contributed by atoms with E-state index in [0.29, 0.717) is 0 Å². The molecular weight excluding hydrogens is 238 g/mol. The van der Waals surface area contributed by atoms with E-state index in [9.17, 15) is 0 Å². The second-order valence-corrected chi connectivity index (χ2v) is 5.01. The Kier molecular flexibility index (Phi) is 3.29. The zero-order valence-corrected chi connectivity index (χ0v) is 11.5. The van der Waals surface area contributed by atoms with Gasteiger partial charge in [0.1, 0.15) is 11.3 Å². The predicted octanol–water partition coefficient (Wildman–Crippen LogP) is 1.44. The molecule has 1 saturated heterocycles. The SMILES string of the molecule is Cc1ccc2nc(C)nc(N3CCCNCC3)c2n1. The van der Waals surface area contributed by atoms with E-state index in [0.717, 1.165) is 61.0 Å². The predicted molar refractivity (Wildman–Crippen MR) is 76.5 cm³/mol. The molecule has 5 heteroatoms. The van der Waals surface area contributed by atoms with Crippen LogP contribution in [-0.2, 0) is 0 Å². The van der Waals surface area contributed by atoms with Crippen molar-refractivity contribution >= 4 is 16.9 Å². The van der Waals surface area contributed by atoms with Gasteiger partial charge in [-0.05, 0) is 38.9 Å². The number of aryl methyl sites for hydroxylation is 2. The van der Waals surface area contributed by atoms with Crippen LogP contribution in [-0.4, -0.2) is 41.1 Å². The second kappa shape index (κ2) is 5.09. The molecule has 2 aromatic heterocycles. The van der Waals surface area contributed by atoms with E-state index >= 15 is 0 Å². The molecule has 0 atom stereocenters. The topological polar surface area (TPSA) is 53.9 Å². The van der Waals surface area contributed by atoms with Crippen molar-refractivity contribution in [2.24, 2.45) is 0 Å². The Balaban J connectivity index is 2.12.